The first-order valence-electron chi connectivity index (χ1n) is 26.8. The molecular weight excluding hydrogens is 995 g/mol. The van der Waals surface area contributed by atoms with Crippen LogP contribution in [0.25, 0.3) is 0 Å². The Morgan fingerprint density at radius 1 is 0.553 bits per heavy atom. The van der Waals surface area contributed by atoms with Crippen LogP contribution in [-0.4, -0.2) is 181 Å². The minimum absolute atomic E-state index is 0.0142. The zero-order chi connectivity index (χ0) is 56.4. The molecule has 12 N–H and O–H groups in total. The first-order valence-corrected chi connectivity index (χ1v) is 26.8. The second-order valence-corrected chi connectivity index (χ2v) is 18.8. The van der Waals surface area contributed by atoms with Gasteiger partial charge in [-0.2, -0.15) is 0 Å². The Bertz CT molecular complexity index is 1840. The highest BCUT2D eigenvalue weighted by Crippen LogP contribution is 2.15. The molecule has 4 atom stereocenters. The summed E-state index contributed by atoms with van der Waals surface area (Å²) in [6.07, 6.45) is 18.0. The Kier molecular flexibility index (Phi) is 38.5. The van der Waals surface area contributed by atoms with Gasteiger partial charge < -0.3 is 67.5 Å². The highest BCUT2D eigenvalue weighted by molar-refractivity contribution is 5.95. The number of amides is 6. The Hall–Kier alpha value is -6.05. The zero-order valence-corrected chi connectivity index (χ0v) is 44.5. The number of unbranched alkanes of at least 4 members (excludes halogenated alkanes) is 13. The Morgan fingerprint density at radius 3 is 1.59 bits per heavy atom. The van der Waals surface area contributed by atoms with Crippen LogP contribution < -0.4 is 37.6 Å². The summed E-state index contributed by atoms with van der Waals surface area (Å²) < 4.78 is 10.8. The fourth-order valence-corrected chi connectivity index (χ4v) is 8.09. The molecular formula is C51H87N9O16. The number of carbonyl (C=O) groups excluding carboxylic acids is 6. The third kappa shape index (κ3) is 36.8. The van der Waals surface area contributed by atoms with Crippen LogP contribution in [0.5, 0.6) is 0 Å². The van der Waals surface area contributed by atoms with Gasteiger partial charge in [0.15, 0.2) is 0 Å². The normalized spacial score (nSPS) is 13.5. The first kappa shape index (κ1) is 68.0. The molecule has 0 saturated heterocycles. The molecule has 1 aliphatic heterocycles. The van der Waals surface area contributed by atoms with Crippen molar-refractivity contribution in [2.75, 3.05) is 66.2 Å². The van der Waals surface area contributed by atoms with Gasteiger partial charge in [0.1, 0.15) is 24.7 Å². The summed E-state index contributed by atoms with van der Waals surface area (Å²) in [5.41, 5.74) is 6.29. The van der Waals surface area contributed by atoms with E-state index in [1.807, 2.05) is 6.08 Å². The monoisotopic (exact) mass is 1080 g/mol. The number of allylic oxidation sites excluding steroid dienone is 1. The van der Waals surface area contributed by atoms with Crippen molar-refractivity contribution in [1.82, 2.24) is 36.8 Å². The number of rotatable bonds is 50. The maximum absolute atomic E-state index is 13.8. The summed E-state index contributed by atoms with van der Waals surface area (Å²) in [7, 11) is 1.53. The Labute approximate surface area is 446 Å². The number of ether oxygens (including phenoxy) is 2. The number of likely N-dealkylation sites (N-methyl/N-ethyl adjacent to an activating group) is 1. The predicted molar refractivity (Wildman–Crippen MR) is 280 cm³/mol. The van der Waals surface area contributed by atoms with E-state index in [1.54, 1.807) is 6.21 Å². The van der Waals surface area contributed by atoms with Gasteiger partial charge in [-0.15, -0.1) is 0 Å². The fraction of sp³-hybridized carbons (Fsp3) is 0.745. The predicted octanol–water partition coefficient (Wildman–Crippen LogP) is 1.75. The van der Waals surface area contributed by atoms with Gasteiger partial charge >= 0.3 is 23.9 Å². The maximum Gasteiger partial charge on any atom is 0.317 e. The van der Waals surface area contributed by atoms with Gasteiger partial charge in [0, 0.05) is 57.1 Å². The van der Waals surface area contributed by atoms with E-state index >= 15 is 0 Å². The van der Waals surface area contributed by atoms with E-state index in [-0.39, 0.29) is 83.8 Å². The van der Waals surface area contributed by atoms with E-state index < -0.39 is 97.1 Å². The molecule has 0 aromatic heterocycles. The van der Waals surface area contributed by atoms with Gasteiger partial charge in [-0.1, -0.05) is 70.3 Å². The number of nitrogens with two attached hydrogens (primary N) is 1. The highest BCUT2D eigenvalue weighted by Gasteiger charge is 2.31. The molecule has 0 aromatic carbocycles. The quantitative estimate of drug-likeness (QED) is 0.0387. The fourth-order valence-electron chi connectivity index (χ4n) is 8.09. The minimum Gasteiger partial charge on any atom is -0.481 e. The van der Waals surface area contributed by atoms with Crippen molar-refractivity contribution in [3.05, 3.63) is 11.8 Å². The van der Waals surface area contributed by atoms with E-state index in [1.165, 1.54) is 37.6 Å². The lowest BCUT2D eigenvalue weighted by Gasteiger charge is -2.26. The largest absolute Gasteiger partial charge is 0.481 e. The SMILES string of the molecule is CN[C@@H](CC1=CCC=N1)C(=O)N[C@@H](CCC(=O)O)C(=O)N[C@@H](CCCCN(CC(=O)O)CC(=O)O)C(=O)N[C@@H](CCCCNC(=O)COCCOCCNC(=O)CCCCCCCCCCCCCCC(=O)O)C(N)=O. The second-order valence-electron chi connectivity index (χ2n) is 18.8. The third-order valence-corrected chi connectivity index (χ3v) is 12.3. The number of nitrogens with zero attached hydrogens (tertiary/aromatic N) is 2. The van der Waals surface area contributed by atoms with Crippen molar-refractivity contribution in [3.63, 3.8) is 0 Å². The second kappa shape index (κ2) is 43.1. The van der Waals surface area contributed by atoms with Crippen LogP contribution in [0.2, 0.25) is 0 Å². The summed E-state index contributed by atoms with van der Waals surface area (Å²) in [4.78, 5) is 128. The van der Waals surface area contributed by atoms with Gasteiger partial charge in [-0.25, -0.2) is 0 Å². The van der Waals surface area contributed by atoms with Crippen LogP contribution in [0, 0.1) is 0 Å². The molecule has 1 heterocycles. The molecule has 0 bridgehead atoms. The third-order valence-electron chi connectivity index (χ3n) is 12.3. The van der Waals surface area contributed by atoms with Crippen LogP contribution in [0.4, 0.5) is 0 Å². The minimum atomic E-state index is -1.41. The standard InChI is InChI=1S/C51H87N9O16/c1-53-41(33-37-19-18-27-54-37)51(74)59-40(24-25-45(65)66)50(73)58-39(21-15-17-29-60(34-46(67)68)35-47(69)70)49(72)57-38(48(52)71)20-14-16-26-55-43(62)36-76-32-31-75-30-28-56-42(61)22-12-10-8-6-4-2-3-5-7-9-11-13-23-44(63)64/h19,27,38-41,53H,2-18,20-26,28-36H2,1H3,(H2,52,71)(H,55,62)(H,56,61)(H,57,72)(H,58,73)(H,59,74)(H,63,64)(H,65,66)(H,67,68)(H,69,70)/t38-,39-,40-,41-/m0/s1. The maximum atomic E-state index is 13.8. The van der Waals surface area contributed by atoms with Gasteiger partial charge in [0.05, 0.1) is 39.0 Å². The molecule has 0 saturated carbocycles. The van der Waals surface area contributed by atoms with E-state index in [0.717, 1.165) is 51.4 Å². The molecule has 0 aromatic rings. The number of aliphatic imine (C=N–C) groups is 1. The molecule has 0 fully saturated rings. The molecule has 76 heavy (non-hydrogen) atoms. The molecule has 1 rings (SSSR count). The molecule has 0 spiro atoms. The number of primary amides is 1. The van der Waals surface area contributed by atoms with Crippen LogP contribution in [0.15, 0.2) is 16.8 Å². The van der Waals surface area contributed by atoms with Crippen molar-refractivity contribution in [1.29, 1.82) is 0 Å². The van der Waals surface area contributed by atoms with E-state index in [9.17, 15) is 63.3 Å². The van der Waals surface area contributed by atoms with Crippen LogP contribution in [0.1, 0.15) is 154 Å². The number of hydrogen-bond donors (Lipinski definition) is 11. The number of carboxylic acid groups (broad SMARTS) is 4. The molecule has 0 unspecified atom stereocenters. The lowest BCUT2D eigenvalue weighted by Crippen LogP contribution is -2.57. The van der Waals surface area contributed by atoms with E-state index in [4.69, 9.17) is 20.3 Å². The lowest BCUT2D eigenvalue weighted by atomic mass is 10.0. The van der Waals surface area contributed by atoms with Crippen LogP contribution >= 0.6 is 0 Å². The highest BCUT2D eigenvalue weighted by atomic mass is 16.5. The van der Waals surface area contributed by atoms with Crippen molar-refractivity contribution in [3.8, 4) is 0 Å². The topological polar surface area (TPSA) is 384 Å². The summed E-state index contributed by atoms with van der Waals surface area (Å²) in [6.45, 7) is -0.108. The molecule has 432 valence electrons. The van der Waals surface area contributed by atoms with Gasteiger partial charge in [0.2, 0.25) is 35.4 Å². The number of carboxylic acids is 4. The van der Waals surface area contributed by atoms with Crippen LogP contribution in [-0.2, 0) is 57.4 Å². The van der Waals surface area contributed by atoms with Gasteiger partial charge in [-0.05, 0) is 71.4 Å². The Morgan fingerprint density at radius 2 is 1.05 bits per heavy atom. The average molecular weight is 1080 g/mol. The van der Waals surface area contributed by atoms with Crippen molar-refractivity contribution in [2.45, 2.75) is 178 Å². The van der Waals surface area contributed by atoms with E-state index in [2.05, 4.69) is 36.9 Å². The molecule has 1 aliphatic rings. The van der Waals surface area contributed by atoms with E-state index in [0.29, 0.717) is 44.5 Å². The molecule has 25 heteroatoms. The molecule has 6 amide bonds. The molecule has 0 radical (unpaired) electrons. The van der Waals surface area contributed by atoms with Gasteiger partial charge in [0.25, 0.3) is 0 Å². The summed E-state index contributed by atoms with van der Waals surface area (Å²) in [6, 6.07) is -4.82. The summed E-state index contributed by atoms with van der Waals surface area (Å²) >= 11 is 0. The number of aliphatic carboxylic acids is 4. The smallest absolute Gasteiger partial charge is 0.317 e. The number of hydrogen-bond acceptors (Lipinski definition) is 15. The number of carbonyl (C=O) groups is 10. The van der Waals surface area contributed by atoms with Gasteiger partial charge in [-0.3, -0.25) is 57.8 Å². The van der Waals surface area contributed by atoms with Crippen molar-refractivity contribution < 1.29 is 77.8 Å². The first-order chi connectivity index (χ1) is 36.4. The van der Waals surface area contributed by atoms with Crippen molar-refractivity contribution in [2.24, 2.45) is 10.7 Å². The molecule has 0 aliphatic carbocycles. The Balaban J connectivity index is 2.53. The van der Waals surface area contributed by atoms with Crippen LogP contribution in [0.3, 0.4) is 0 Å². The molecule has 25 nitrogen and oxygen atoms in total. The van der Waals surface area contributed by atoms with Crippen molar-refractivity contribution >= 4 is 65.5 Å². The average Bonchev–Trinajstić information content (AvgIpc) is 3.88. The number of nitrogens with one attached hydrogen (secondary N) is 6. The lowest BCUT2D eigenvalue weighted by molar-refractivity contribution is -0.142. The zero-order valence-electron chi connectivity index (χ0n) is 44.5. The summed E-state index contributed by atoms with van der Waals surface area (Å²) in [5.74, 6) is -8.11. The summed E-state index contributed by atoms with van der Waals surface area (Å²) in [5, 5.41) is 52.6.